The minimum absolute atomic E-state index is 0.177. The van der Waals surface area contributed by atoms with Crippen LogP contribution in [0.4, 0.5) is 0 Å². The highest BCUT2D eigenvalue weighted by Crippen LogP contribution is 2.45. The molecule has 23 heavy (non-hydrogen) atoms. The summed E-state index contributed by atoms with van der Waals surface area (Å²) in [6, 6.07) is 0. The van der Waals surface area contributed by atoms with Crippen molar-refractivity contribution < 1.29 is 9.47 Å². The molecule has 130 valence electrons. The number of hydrogen-bond donors (Lipinski definition) is 0. The maximum atomic E-state index is 5.87. The van der Waals surface area contributed by atoms with Gasteiger partial charge in [-0.05, 0) is 76.5 Å². The molecule has 2 heteroatoms. The van der Waals surface area contributed by atoms with Gasteiger partial charge >= 0.3 is 0 Å². The molecule has 0 aromatic rings. The Morgan fingerprint density at radius 1 is 0.957 bits per heavy atom. The van der Waals surface area contributed by atoms with Crippen molar-refractivity contribution in [3.8, 4) is 0 Å². The van der Waals surface area contributed by atoms with Crippen molar-refractivity contribution in [3.63, 3.8) is 0 Å². The lowest BCUT2D eigenvalue weighted by atomic mass is 9.69. The van der Waals surface area contributed by atoms with E-state index in [0.29, 0.717) is 0 Å². The highest BCUT2D eigenvalue weighted by Gasteiger charge is 2.42. The van der Waals surface area contributed by atoms with Crippen LogP contribution in [0, 0.1) is 17.8 Å². The standard InChI is InChI=1S/C21H34O2/c1-3-17(2)5-4-6-18-7-9-19(10-8-18)20-11-13-21(14-12-20)22-15-16-23-21/h3-5,18-20H,6-16H2,1-2H3/b5-4-,17-3-. The molecule has 0 unspecified atom stereocenters. The zero-order valence-electron chi connectivity index (χ0n) is 15.1. The lowest BCUT2D eigenvalue weighted by Crippen LogP contribution is -2.37. The van der Waals surface area contributed by atoms with Crippen molar-refractivity contribution >= 4 is 0 Å². The minimum Gasteiger partial charge on any atom is -0.348 e. The molecule has 2 saturated carbocycles. The Morgan fingerprint density at radius 3 is 2.17 bits per heavy atom. The monoisotopic (exact) mass is 318 g/mol. The molecule has 0 amide bonds. The Labute approximate surface area is 142 Å². The Bertz CT molecular complexity index is 413. The summed E-state index contributed by atoms with van der Waals surface area (Å²) < 4.78 is 11.7. The quantitative estimate of drug-likeness (QED) is 0.625. The van der Waals surface area contributed by atoms with Crippen molar-refractivity contribution in [1.82, 2.24) is 0 Å². The smallest absolute Gasteiger partial charge is 0.168 e. The van der Waals surface area contributed by atoms with E-state index in [1.807, 2.05) is 0 Å². The first-order valence-electron chi connectivity index (χ1n) is 9.78. The van der Waals surface area contributed by atoms with Crippen LogP contribution in [0.25, 0.3) is 0 Å². The topological polar surface area (TPSA) is 18.5 Å². The van der Waals surface area contributed by atoms with Gasteiger partial charge in [-0.3, -0.25) is 0 Å². The normalized spacial score (nSPS) is 32.9. The largest absolute Gasteiger partial charge is 0.348 e. The second kappa shape index (κ2) is 7.98. The summed E-state index contributed by atoms with van der Waals surface area (Å²) in [5, 5.41) is 0. The summed E-state index contributed by atoms with van der Waals surface area (Å²) in [6.45, 7) is 5.90. The molecule has 1 heterocycles. The average molecular weight is 319 g/mol. The minimum atomic E-state index is -0.177. The molecule has 3 fully saturated rings. The van der Waals surface area contributed by atoms with Crippen molar-refractivity contribution in [2.45, 2.75) is 77.4 Å². The van der Waals surface area contributed by atoms with Crippen LogP contribution in [0.15, 0.2) is 23.8 Å². The van der Waals surface area contributed by atoms with Gasteiger partial charge in [0.15, 0.2) is 5.79 Å². The average Bonchev–Trinajstić information content (AvgIpc) is 3.04. The molecule has 1 spiro atoms. The van der Waals surface area contributed by atoms with Crippen molar-refractivity contribution in [1.29, 1.82) is 0 Å². The fourth-order valence-electron chi connectivity index (χ4n) is 4.77. The van der Waals surface area contributed by atoms with Crippen LogP contribution in [0.2, 0.25) is 0 Å². The van der Waals surface area contributed by atoms with Crippen molar-refractivity contribution in [2.24, 2.45) is 17.8 Å². The second-order valence-corrected chi connectivity index (χ2v) is 7.90. The molecule has 0 N–H and O–H groups in total. The van der Waals surface area contributed by atoms with E-state index >= 15 is 0 Å². The first-order chi connectivity index (χ1) is 11.2. The molecule has 0 bridgehead atoms. The van der Waals surface area contributed by atoms with E-state index in [9.17, 15) is 0 Å². The Kier molecular flexibility index (Phi) is 5.98. The third-order valence-corrected chi connectivity index (χ3v) is 6.47. The fraction of sp³-hybridized carbons (Fsp3) is 0.810. The number of rotatable bonds is 4. The van der Waals surface area contributed by atoms with Crippen LogP contribution in [0.1, 0.15) is 71.6 Å². The lowest BCUT2D eigenvalue weighted by Gasteiger charge is -2.40. The van der Waals surface area contributed by atoms with Gasteiger partial charge < -0.3 is 9.47 Å². The number of hydrogen-bond acceptors (Lipinski definition) is 2. The van der Waals surface area contributed by atoms with Crippen LogP contribution in [0.5, 0.6) is 0 Å². The van der Waals surface area contributed by atoms with Crippen LogP contribution < -0.4 is 0 Å². The van der Waals surface area contributed by atoms with E-state index in [-0.39, 0.29) is 5.79 Å². The van der Waals surface area contributed by atoms with Gasteiger partial charge in [0, 0.05) is 12.8 Å². The number of allylic oxidation sites excluding steroid dienone is 4. The van der Waals surface area contributed by atoms with Crippen LogP contribution >= 0.6 is 0 Å². The third kappa shape index (κ3) is 4.48. The summed E-state index contributed by atoms with van der Waals surface area (Å²) in [7, 11) is 0. The molecule has 1 aliphatic heterocycles. The van der Waals surface area contributed by atoms with Gasteiger partial charge in [0.25, 0.3) is 0 Å². The highest BCUT2D eigenvalue weighted by molar-refractivity contribution is 5.14. The fourth-order valence-corrected chi connectivity index (χ4v) is 4.77. The van der Waals surface area contributed by atoms with Gasteiger partial charge in [0.1, 0.15) is 0 Å². The third-order valence-electron chi connectivity index (χ3n) is 6.47. The Morgan fingerprint density at radius 2 is 1.57 bits per heavy atom. The molecule has 3 aliphatic rings. The van der Waals surface area contributed by atoms with E-state index in [1.54, 1.807) is 0 Å². The van der Waals surface area contributed by atoms with Crippen LogP contribution in [-0.4, -0.2) is 19.0 Å². The van der Waals surface area contributed by atoms with Crippen molar-refractivity contribution in [2.75, 3.05) is 13.2 Å². The first-order valence-corrected chi connectivity index (χ1v) is 9.78. The summed E-state index contributed by atoms with van der Waals surface area (Å²) in [5.74, 6) is 2.63. The van der Waals surface area contributed by atoms with Crippen LogP contribution in [-0.2, 0) is 9.47 Å². The second-order valence-electron chi connectivity index (χ2n) is 7.90. The number of ether oxygens (including phenoxy) is 2. The molecular formula is C21H34O2. The predicted molar refractivity (Wildman–Crippen MR) is 95.2 cm³/mol. The zero-order chi connectivity index (χ0) is 16.1. The first kappa shape index (κ1) is 17.2. The van der Waals surface area contributed by atoms with E-state index in [2.05, 4.69) is 32.1 Å². The van der Waals surface area contributed by atoms with E-state index < -0.39 is 0 Å². The van der Waals surface area contributed by atoms with Gasteiger partial charge in [0.05, 0.1) is 13.2 Å². The Hall–Kier alpha value is -0.600. The molecule has 0 aromatic heterocycles. The van der Waals surface area contributed by atoms with Gasteiger partial charge in [-0.25, -0.2) is 0 Å². The van der Waals surface area contributed by atoms with E-state index in [0.717, 1.165) is 43.8 Å². The maximum Gasteiger partial charge on any atom is 0.168 e. The molecule has 2 aliphatic carbocycles. The van der Waals surface area contributed by atoms with Gasteiger partial charge in [-0.15, -0.1) is 0 Å². The SMILES string of the molecule is C/C=C(C)\C=C/CC1CCC(C2CCC3(CC2)OCCO3)CC1. The summed E-state index contributed by atoms with van der Waals surface area (Å²) in [6.07, 6.45) is 18.8. The van der Waals surface area contributed by atoms with Gasteiger partial charge in [0.2, 0.25) is 0 Å². The predicted octanol–water partition coefficient (Wildman–Crippen LogP) is 5.64. The molecular weight excluding hydrogens is 284 g/mol. The van der Waals surface area contributed by atoms with Crippen molar-refractivity contribution in [3.05, 3.63) is 23.8 Å². The summed E-state index contributed by atoms with van der Waals surface area (Å²) in [5.41, 5.74) is 1.38. The molecule has 1 saturated heterocycles. The van der Waals surface area contributed by atoms with Gasteiger partial charge in [-0.2, -0.15) is 0 Å². The van der Waals surface area contributed by atoms with E-state index in [1.165, 1.54) is 50.5 Å². The molecule has 0 radical (unpaired) electrons. The lowest BCUT2D eigenvalue weighted by molar-refractivity contribution is -0.185. The molecule has 0 atom stereocenters. The molecule has 0 aromatic carbocycles. The zero-order valence-corrected chi connectivity index (χ0v) is 15.1. The molecule has 2 nitrogen and oxygen atoms in total. The van der Waals surface area contributed by atoms with Crippen LogP contribution in [0.3, 0.4) is 0 Å². The highest BCUT2D eigenvalue weighted by atomic mass is 16.7. The van der Waals surface area contributed by atoms with E-state index in [4.69, 9.17) is 9.47 Å². The summed E-state index contributed by atoms with van der Waals surface area (Å²) >= 11 is 0. The summed E-state index contributed by atoms with van der Waals surface area (Å²) in [4.78, 5) is 0. The maximum absolute atomic E-state index is 5.87. The molecule has 3 rings (SSSR count). The Balaban J connectivity index is 1.39. The van der Waals surface area contributed by atoms with Gasteiger partial charge in [-0.1, -0.05) is 23.8 Å².